The number of amides is 1. The lowest BCUT2D eigenvalue weighted by Gasteiger charge is -2.32. The summed E-state index contributed by atoms with van der Waals surface area (Å²) in [4.78, 5) is 18.0. The molecule has 1 saturated heterocycles. The van der Waals surface area contributed by atoms with Gasteiger partial charge in [-0.3, -0.25) is 4.79 Å². The van der Waals surface area contributed by atoms with Crippen LogP contribution in [0, 0.1) is 0 Å². The van der Waals surface area contributed by atoms with Crippen molar-refractivity contribution in [2.24, 2.45) is 5.73 Å². The third-order valence-electron chi connectivity index (χ3n) is 2.64. The second kappa shape index (κ2) is 5.57. The molecule has 0 spiro atoms. The maximum atomic E-state index is 12.1. The number of nitrogens with zero attached hydrogens (tertiary/aromatic N) is 2. The summed E-state index contributed by atoms with van der Waals surface area (Å²) < 4.78 is 6.27. The summed E-state index contributed by atoms with van der Waals surface area (Å²) in [7, 11) is 0. The number of hydrogen-bond donors (Lipinski definition) is 1. The van der Waals surface area contributed by atoms with Gasteiger partial charge >= 0.3 is 0 Å². The summed E-state index contributed by atoms with van der Waals surface area (Å²) in [5, 5.41) is 0. The number of halogens is 1. The molecular formula is C11H14BrN3O2. The minimum Gasteiger partial charge on any atom is -0.373 e. The zero-order chi connectivity index (χ0) is 12.3. The van der Waals surface area contributed by atoms with Gasteiger partial charge in [0.15, 0.2) is 0 Å². The molecule has 92 valence electrons. The second-order valence-corrected chi connectivity index (χ2v) is 4.76. The fraction of sp³-hybridized carbons (Fsp3) is 0.455. The number of rotatable bonds is 2. The third kappa shape index (κ3) is 3.02. The third-order valence-corrected chi connectivity index (χ3v) is 3.10. The van der Waals surface area contributed by atoms with E-state index in [2.05, 4.69) is 20.9 Å². The van der Waals surface area contributed by atoms with Crippen molar-refractivity contribution in [1.82, 2.24) is 9.88 Å². The van der Waals surface area contributed by atoms with E-state index in [0.29, 0.717) is 31.9 Å². The van der Waals surface area contributed by atoms with Crippen LogP contribution in [0.1, 0.15) is 10.5 Å². The first kappa shape index (κ1) is 12.5. The molecule has 2 heterocycles. The zero-order valence-electron chi connectivity index (χ0n) is 9.30. The first-order valence-electron chi connectivity index (χ1n) is 5.43. The van der Waals surface area contributed by atoms with Crippen molar-refractivity contribution in [2.75, 3.05) is 26.2 Å². The minimum absolute atomic E-state index is 0.0665. The largest absolute Gasteiger partial charge is 0.373 e. The molecule has 0 bridgehead atoms. The number of hydrogen-bond acceptors (Lipinski definition) is 4. The van der Waals surface area contributed by atoms with E-state index in [0.717, 1.165) is 4.47 Å². The first-order valence-corrected chi connectivity index (χ1v) is 6.22. The van der Waals surface area contributed by atoms with Crippen LogP contribution in [-0.2, 0) is 4.74 Å². The number of nitrogens with two attached hydrogens (primary N) is 1. The molecule has 1 atom stereocenters. The lowest BCUT2D eigenvalue weighted by atomic mass is 10.2. The van der Waals surface area contributed by atoms with E-state index < -0.39 is 0 Å². The minimum atomic E-state index is -0.0701. The molecule has 1 aromatic heterocycles. The Hall–Kier alpha value is -0.980. The molecule has 1 aliphatic rings. The lowest BCUT2D eigenvalue weighted by Crippen LogP contribution is -2.48. The average Bonchev–Trinajstić information content (AvgIpc) is 2.39. The van der Waals surface area contributed by atoms with Gasteiger partial charge in [-0.2, -0.15) is 0 Å². The van der Waals surface area contributed by atoms with Crippen molar-refractivity contribution in [3.63, 3.8) is 0 Å². The summed E-state index contributed by atoms with van der Waals surface area (Å²) in [6, 6.07) is 3.51. The maximum absolute atomic E-state index is 12.1. The molecule has 1 amide bonds. The van der Waals surface area contributed by atoms with Gasteiger partial charge in [0, 0.05) is 30.3 Å². The second-order valence-electron chi connectivity index (χ2n) is 3.84. The number of morpholine rings is 1. The maximum Gasteiger partial charge on any atom is 0.272 e. The van der Waals surface area contributed by atoms with Gasteiger partial charge in [0.1, 0.15) is 5.69 Å². The van der Waals surface area contributed by atoms with E-state index in [-0.39, 0.29) is 12.0 Å². The highest BCUT2D eigenvalue weighted by Crippen LogP contribution is 2.11. The van der Waals surface area contributed by atoms with Crippen LogP contribution in [0.2, 0.25) is 0 Å². The van der Waals surface area contributed by atoms with Gasteiger partial charge in [-0.05, 0) is 28.1 Å². The van der Waals surface area contributed by atoms with E-state index in [9.17, 15) is 4.79 Å². The Labute approximate surface area is 108 Å². The molecule has 1 aromatic rings. The van der Waals surface area contributed by atoms with E-state index in [4.69, 9.17) is 10.5 Å². The Morgan fingerprint density at radius 2 is 2.47 bits per heavy atom. The number of aromatic nitrogens is 1. The number of pyridine rings is 1. The molecule has 2 N–H and O–H groups in total. The van der Waals surface area contributed by atoms with Crippen molar-refractivity contribution < 1.29 is 9.53 Å². The van der Waals surface area contributed by atoms with E-state index in [1.54, 1.807) is 23.2 Å². The zero-order valence-corrected chi connectivity index (χ0v) is 10.9. The molecule has 0 radical (unpaired) electrons. The number of carbonyl (C=O) groups is 1. The predicted molar refractivity (Wildman–Crippen MR) is 66.6 cm³/mol. The van der Waals surface area contributed by atoms with Gasteiger partial charge in [-0.15, -0.1) is 0 Å². The van der Waals surface area contributed by atoms with Gasteiger partial charge in [-0.1, -0.05) is 0 Å². The quantitative estimate of drug-likeness (QED) is 0.870. The Morgan fingerprint density at radius 1 is 1.65 bits per heavy atom. The normalized spacial score (nSPS) is 20.4. The SMILES string of the molecule is NCC1CN(C(=O)c2ccc(Br)cn2)CCO1. The summed E-state index contributed by atoms with van der Waals surface area (Å²) in [6.45, 7) is 2.09. The van der Waals surface area contributed by atoms with Crippen molar-refractivity contribution in [2.45, 2.75) is 6.10 Å². The van der Waals surface area contributed by atoms with Crippen molar-refractivity contribution in [3.05, 3.63) is 28.5 Å². The molecule has 1 aliphatic heterocycles. The monoisotopic (exact) mass is 299 g/mol. The molecule has 0 saturated carbocycles. The van der Waals surface area contributed by atoms with Crippen LogP contribution in [-0.4, -0.2) is 48.1 Å². The molecule has 6 heteroatoms. The fourth-order valence-corrected chi connectivity index (χ4v) is 1.95. The van der Waals surface area contributed by atoms with E-state index in [1.165, 1.54) is 0 Å². The van der Waals surface area contributed by atoms with Crippen LogP contribution in [0.25, 0.3) is 0 Å². The summed E-state index contributed by atoms with van der Waals surface area (Å²) in [5.74, 6) is -0.0701. The van der Waals surface area contributed by atoms with Gasteiger partial charge < -0.3 is 15.4 Å². The van der Waals surface area contributed by atoms with Crippen molar-refractivity contribution in [3.8, 4) is 0 Å². The molecule has 0 aliphatic carbocycles. The van der Waals surface area contributed by atoms with Gasteiger partial charge in [0.05, 0.1) is 12.7 Å². The van der Waals surface area contributed by atoms with Gasteiger partial charge in [0.2, 0.25) is 0 Å². The van der Waals surface area contributed by atoms with Crippen molar-refractivity contribution >= 4 is 21.8 Å². The molecule has 1 fully saturated rings. The molecule has 5 nitrogen and oxygen atoms in total. The standard InChI is InChI=1S/C11H14BrN3O2/c12-8-1-2-10(14-6-8)11(16)15-3-4-17-9(5-13)7-15/h1-2,6,9H,3-5,7,13H2. The number of ether oxygens (including phenoxy) is 1. The first-order chi connectivity index (χ1) is 8.20. The van der Waals surface area contributed by atoms with Crippen LogP contribution >= 0.6 is 15.9 Å². The average molecular weight is 300 g/mol. The fourth-order valence-electron chi connectivity index (χ4n) is 1.71. The Bertz CT molecular complexity index is 396. The molecule has 2 rings (SSSR count). The Morgan fingerprint density at radius 3 is 3.12 bits per heavy atom. The highest BCUT2D eigenvalue weighted by Gasteiger charge is 2.24. The van der Waals surface area contributed by atoms with E-state index in [1.807, 2.05) is 0 Å². The van der Waals surface area contributed by atoms with Gasteiger partial charge in [0.25, 0.3) is 5.91 Å². The Balaban J connectivity index is 2.06. The van der Waals surface area contributed by atoms with E-state index >= 15 is 0 Å². The highest BCUT2D eigenvalue weighted by atomic mass is 79.9. The van der Waals surface area contributed by atoms with Crippen LogP contribution < -0.4 is 5.73 Å². The van der Waals surface area contributed by atoms with Crippen LogP contribution in [0.4, 0.5) is 0 Å². The Kier molecular flexibility index (Phi) is 4.09. The topological polar surface area (TPSA) is 68.5 Å². The molecular weight excluding hydrogens is 286 g/mol. The summed E-state index contributed by atoms with van der Waals surface area (Å²) in [6.07, 6.45) is 1.55. The summed E-state index contributed by atoms with van der Waals surface area (Å²) >= 11 is 3.29. The summed E-state index contributed by atoms with van der Waals surface area (Å²) in [5.41, 5.74) is 5.99. The van der Waals surface area contributed by atoms with Crippen LogP contribution in [0.5, 0.6) is 0 Å². The van der Waals surface area contributed by atoms with Crippen molar-refractivity contribution in [1.29, 1.82) is 0 Å². The predicted octanol–water partition coefficient (Wildman–Crippen LogP) is 0.644. The molecule has 0 aromatic carbocycles. The van der Waals surface area contributed by atoms with Crippen LogP contribution in [0.15, 0.2) is 22.8 Å². The lowest BCUT2D eigenvalue weighted by molar-refractivity contribution is -0.0169. The highest BCUT2D eigenvalue weighted by molar-refractivity contribution is 9.10. The molecule has 1 unspecified atom stereocenters. The number of carbonyl (C=O) groups excluding carboxylic acids is 1. The molecule has 17 heavy (non-hydrogen) atoms. The smallest absolute Gasteiger partial charge is 0.272 e. The van der Waals surface area contributed by atoms with Gasteiger partial charge in [-0.25, -0.2) is 4.98 Å². The van der Waals surface area contributed by atoms with Crippen LogP contribution in [0.3, 0.4) is 0 Å².